The van der Waals surface area contributed by atoms with E-state index in [1.165, 1.54) is 0 Å². The molecule has 0 aliphatic carbocycles. The minimum Gasteiger partial charge on any atom is -0.412 e. The van der Waals surface area contributed by atoms with E-state index in [1.54, 1.807) is 0 Å². The third kappa shape index (κ3) is 5.88. The molecule has 3 N–H and O–H groups in total. The second kappa shape index (κ2) is 7.91. The van der Waals surface area contributed by atoms with Crippen LogP contribution in [0, 0.1) is 0 Å². The Morgan fingerprint density at radius 2 is 1.75 bits per heavy atom. The van der Waals surface area contributed by atoms with Gasteiger partial charge in [0.25, 0.3) is 0 Å². The molecule has 0 bridgehead atoms. The summed E-state index contributed by atoms with van der Waals surface area (Å²) in [7, 11) is 0. The van der Waals surface area contributed by atoms with Gasteiger partial charge in [0.1, 0.15) is 0 Å². The van der Waals surface area contributed by atoms with Crippen LogP contribution in [0.1, 0.15) is 0 Å². The van der Waals surface area contributed by atoms with Gasteiger partial charge in [-0.1, -0.05) is 22.5 Å². The van der Waals surface area contributed by atoms with E-state index in [2.05, 4.69) is 30.2 Å². The summed E-state index contributed by atoms with van der Waals surface area (Å²) < 4.78 is 0.381. The minimum absolute atomic E-state index is 0. The largest absolute Gasteiger partial charge is 1.00 e. The molecule has 0 saturated heterocycles. The molecular formula is C7H8NNaOS2. The number of benzene rings is 1. The van der Waals surface area contributed by atoms with Gasteiger partial charge in [-0.2, -0.15) is 0 Å². The van der Waals surface area contributed by atoms with Crippen LogP contribution in [0.15, 0.2) is 30.3 Å². The zero-order valence-corrected chi connectivity index (χ0v) is 10.3. The van der Waals surface area contributed by atoms with Gasteiger partial charge in [-0.25, -0.2) is 0 Å². The number of hydrogen-bond donors (Lipinski definition) is 1. The van der Waals surface area contributed by atoms with Crippen molar-refractivity contribution in [3.05, 3.63) is 30.3 Å². The Morgan fingerprint density at radius 1 is 1.25 bits per heavy atom. The van der Waals surface area contributed by atoms with E-state index < -0.39 is 0 Å². The molecule has 1 aromatic rings. The van der Waals surface area contributed by atoms with E-state index in [9.17, 15) is 0 Å². The third-order valence-corrected chi connectivity index (χ3v) is 1.22. The monoisotopic (exact) mass is 209 g/mol. The summed E-state index contributed by atoms with van der Waals surface area (Å²) in [6.45, 7) is 0. The molecule has 1 aromatic carbocycles. The molecule has 0 radical (unpaired) electrons. The van der Waals surface area contributed by atoms with Crippen LogP contribution in [0.5, 0.6) is 0 Å². The molecule has 60 valence electrons. The number of rotatable bonds is 1. The summed E-state index contributed by atoms with van der Waals surface area (Å²) >= 11 is 9.36. The van der Waals surface area contributed by atoms with Crippen molar-refractivity contribution in [3.8, 4) is 0 Å². The molecule has 1 rings (SSSR count). The molecule has 2 nitrogen and oxygen atoms in total. The molecule has 0 spiro atoms. The second-order valence-corrected chi connectivity index (χ2v) is 2.85. The summed E-state index contributed by atoms with van der Waals surface area (Å²) in [6, 6.07) is 9.63. The van der Waals surface area contributed by atoms with E-state index in [1.807, 2.05) is 30.3 Å². The smallest absolute Gasteiger partial charge is 0.412 e. The fourth-order valence-electron chi connectivity index (χ4n) is 0.639. The maximum absolute atomic E-state index is 4.68. The summed E-state index contributed by atoms with van der Waals surface area (Å²) in [5.41, 5.74) is 0.947. The molecule has 0 unspecified atom stereocenters. The summed E-state index contributed by atoms with van der Waals surface area (Å²) in [5, 5.41) is 2.85. The SMILES string of the molecule is O.S=C([S-])Nc1ccccc1.[Na+]. The van der Waals surface area contributed by atoms with Crippen LogP contribution >= 0.6 is 12.2 Å². The van der Waals surface area contributed by atoms with Gasteiger partial charge in [0, 0.05) is 5.69 Å². The zero-order valence-electron chi connectivity index (χ0n) is 6.70. The van der Waals surface area contributed by atoms with E-state index in [4.69, 9.17) is 0 Å². The molecule has 0 atom stereocenters. The quantitative estimate of drug-likeness (QED) is 0.334. The molecule has 0 aliphatic heterocycles. The number of hydrogen-bond acceptors (Lipinski definition) is 2. The van der Waals surface area contributed by atoms with Gasteiger partial charge >= 0.3 is 29.6 Å². The van der Waals surface area contributed by atoms with Gasteiger partial charge in [-0.05, 0) is 12.1 Å². The molecule has 12 heavy (non-hydrogen) atoms. The van der Waals surface area contributed by atoms with Crippen molar-refractivity contribution in [1.29, 1.82) is 0 Å². The Balaban J connectivity index is 0. The Kier molecular flexibility index (Phi) is 9.76. The Bertz CT molecular complexity index is 230. The third-order valence-electron chi connectivity index (χ3n) is 1.02. The average molecular weight is 209 g/mol. The van der Waals surface area contributed by atoms with Gasteiger partial charge < -0.3 is 35.6 Å². The summed E-state index contributed by atoms with van der Waals surface area (Å²) in [5.74, 6) is 0. The summed E-state index contributed by atoms with van der Waals surface area (Å²) in [6.07, 6.45) is 0. The fraction of sp³-hybridized carbons (Fsp3) is 0. The molecule has 0 heterocycles. The Morgan fingerprint density at radius 3 is 2.17 bits per heavy atom. The van der Waals surface area contributed by atoms with E-state index in [0.717, 1.165) is 5.69 Å². The zero-order chi connectivity index (χ0) is 7.40. The average Bonchev–Trinajstić information content (AvgIpc) is 1.88. The Labute approximate surface area is 105 Å². The van der Waals surface area contributed by atoms with E-state index in [0.29, 0.717) is 4.32 Å². The van der Waals surface area contributed by atoms with Gasteiger partial charge in [-0.3, -0.25) is 0 Å². The van der Waals surface area contributed by atoms with Crippen LogP contribution in [0.4, 0.5) is 5.69 Å². The standard InChI is InChI=1S/C7H7NS2.Na.H2O/c9-7(10)8-6-4-2-1-3-5-6;;/h1-5H,(H2,8,9,10);;1H2/q;+1;/p-1. The summed E-state index contributed by atoms with van der Waals surface area (Å²) in [4.78, 5) is 0. The van der Waals surface area contributed by atoms with E-state index in [-0.39, 0.29) is 35.0 Å². The first-order valence-electron chi connectivity index (χ1n) is 2.82. The molecule has 0 saturated carbocycles. The molecule has 5 heteroatoms. The predicted molar refractivity (Wildman–Crippen MR) is 53.6 cm³/mol. The number of para-hydroxylation sites is 1. The maximum atomic E-state index is 4.68. The van der Waals surface area contributed by atoms with Crippen molar-refractivity contribution in [2.24, 2.45) is 0 Å². The fourth-order valence-corrected chi connectivity index (χ4v) is 0.875. The number of thiocarbonyl (C=S) groups is 1. The predicted octanol–water partition coefficient (Wildman–Crippen LogP) is -1.89. The first-order valence-corrected chi connectivity index (χ1v) is 3.64. The van der Waals surface area contributed by atoms with Crippen molar-refractivity contribution in [3.63, 3.8) is 0 Å². The van der Waals surface area contributed by atoms with Crippen LogP contribution in [0.2, 0.25) is 0 Å². The minimum atomic E-state index is 0. The maximum Gasteiger partial charge on any atom is 1.00 e. The molecular weight excluding hydrogens is 201 g/mol. The van der Waals surface area contributed by atoms with Crippen LogP contribution in [-0.2, 0) is 12.6 Å². The van der Waals surface area contributed by atoms with Crippen LogP contribution in [0.25, 0.3) is 0 Å². The van der Waals surface area contributed by atoms with Crippen molar-refractivity contribution in [2.45, 2.75) is 0 Å². The molecule has 0 amide bonds. The number of anilines is 1. The van der Waals surface area contributed by atoms with Crippen LogP contribution < -0.4 is 34.9 Å². The molecule has 0 aromatic heterocycles. The van der Waals surface area contributed by atoms with Crippen molar-refractivity contribution < 1.29 is 35.0 Å². The van der Waals surface area contributed by atoms with Gasteiger partial charge in [0.2, 0.25) is 0 Å². The van der Waals surface area contributed by atoms with Gasteiger partial charge in [0.15, 0.2) is 0 Å². The van der Waals surface area contributed by atoms with Crippen molar-refractivity contribution in [2.75, 3.05) is 5.32 Å². The Hall–Kier alpha value is 0.290. The van der Waals surface area contributed by atoms with Crippen molar-refractivity contribution in [1.82, 2.24) is 0 Å². The van der Waals surface area contributed by atoms with E-state index >= 15 is 0 Å². The van der Waals surface area contributed by atoms with Crippen LogP contribution in [-0.4, -0.2) is 9.80 Å². The van der Waals surface area contributed by atoms with Crippen molar-refractivity contribution >= 4 is 34.9 Å². The second-order valence-electron chi connectivity index (χ2n) is 1.78. The molecule has 0 fully saturated rings. The topological polar surface area (TPSA) is 43.5 Å². The first-order chi connectivity index (χ1) is 4.79. The van der Waals surface area contributed by atoms with Gasteiger partial charge in [0.05, 0.1) is 0 Å². The number of nitrogens with one attached hydrogen (secondary N) is 1. The first kappa shape index (κ1) is 14.8. The van der Waals surface area contributed by atoms with Crippen LogP contribution in [0.3, 0.4) is 0 Å². The molecule has 0 aliphatic rings. The van der Waals surface area contributed by atoms with Gasteiger partial charge in [-0.15, -0.1) is 0 Å². The normalized spacial score (nSPS) is 7.33.